The smallest absolute Gasteiger partial charge is 0.325 e. The number of carbonyl (C=O) groups excluding carboxylic acids is 3. The SMILES string of the molecule is CCOC(=O)Cc1csc(NC(=O)CCc2csc(NC(=O)Nc3ccc(OC)cc3)n2)n1. The molecule has 0 aliphatic carbocycles. The summed E-state index contributed by atoms with van der Waals surface area (Å²) in [6.45, 7) is 2.05. The van der Waals surface area contributed by atoms with Crippen LogP contribution in [-0.4, -0.2) is 41.6 Å². The van der Waals surface area contributed by atoms with Crippen molar-refractivity contribution < 1.29 is 23.9 Å². The first-order chi connectivity index (χ1) is 15.9. The van der Waals surface area contributed by atoms with Gasteiger partial charge in [0.25, 0.3) is 0 Å². The highest BCUT2D eigenvalue weighted by Crippen LogP contribution is 2.20. The number of amides is 3. The lowest BCUT2D eigenvalue weighted by atomic mass is 10.2. The third-order valence-corrected chi connectivity index (χ3v) is 5.77. The van der Waals surface area contributed by atoms with Gasteiger partial charge in [-0.2, -0.15) is 0 Å². The molecule has 33 heavy (non-hydrogen) atoms. The lowest BCUT2D eigenvalue weighted by Crippen LogP contribution is -2.19. The van der Waals surface area contributed by atoms with E-state index in [1.807, 2.05) is 0 Å². The van der Waals surface area contributed by atoms with Crippen LogP contribution in [0.25, 0.3) is 0 Å². The van der Waals surface area contributed by atoms with E-state index in [9.17, 15) is 14.4 Å². The molecule has 10 nitrogen and oxygen atoms in total. The predicted molar refractivity (Wildman–Crippen MR) is 127 cm³/mol. The number of urea groups is 1. The number of carbonyl (C=O) groups is 3. The summed E-state index contributed by atoms with van der Waals surface area (Å²) in [6, 6.07) is 6.53. The topological polar surface area (TPSA) is 132 Å². The number of anilines is 3. The van der Waals surface area contributed by atoms with Crippen molar-refractivity contribution in [1.82, 2.24) is 9.97 Å². The number of hydrogen-bond donors (Lipinski definition) is 3. The Morgan fingerprint density at radius 1 is 0.939 bits per heavy atom. The molecule has 0 atom stereocenters. The van der Waals surface area contributed by atoms with Crippen molar-refractivity contribution in [2.24, 2.45) is 0 Å². The van der Waals surface area contributed by atoms with E-state index in [2.05, 4.69) is 25.9 Å². The number of aryl methyl sites for hydroxylation is 1. The number of methoxy groups -OCH3 is 1. The zero-order valence-electron chi connectivity index (χ0n) is 18.0. The second-order valence-corrected chi connectivity index (χ2v) is 8.34. The van der Waals surface area contributed by atoms with Crippen molar-refractivity contribution in [2.45, 2.75) is 26.2 Å². The van der Waals surface area contributed by atoms with Crippen LogP contribution >= 0.6 is 22.7 Å². The molecular weight excluding hydrogens is 466 g/mol. The van der Waals surface area contributed by atoms with Gasteiger partial charge in [0.15, 0.2) is 10.3 Å². The van der Waals surface area contributed by atoms with E-state index in [4.69, 9.17) is 9.47 Å². The van der Waals surface area contributed by atoms with Crippen LogP contribution in [0.3, 0.4) is 0 Å². The lowest BCUT2D eigenvalue weighted by molar-refractivity contribution is -0.142. The molecule has 3 aromatic rings. The van der Waals surface area contributed by atoms with E-state index in [1.54, 1.807) is 49.1 Å². The van der Waals surface area contributed by atoms with E-state index >= 15 is 0 Å². The van der Waals surface area contributed by atoms with Crippen LogP contribution in [0.15, 0.2) is 35.0 Å². The highest BCUT2D eigenvalue weighted by atomic mass is 32.1. The van der Waals surface area contributed by atoms with Gasteiger partial charge in [-0.05, 0) is 37.6 Å². The highest BCUT2D eigenvalue weighted by Gasteiger charge is 2.12. The summed E-state index contributed by atoms with van der Waals surface area (Å²) >= 11 is 2.52. The van der Waals surface area contributed by atoms with Crippen LogP contribution in [0.5, 0.6) is 5.75 Å². The summed E-state index contributed by atoms with van der Waals surface area (Å²) in [7, 11) is 1.57. The minimum absolute atomic E-state index is 0.0703. The summed E-state index contributed by atoms with van der Waals surface area (Å²) in [6.07, 6.45) is 0.681. The summed E-state index contributed by atoms with van der Waals surface area (Å²) in [4.78, 5) is 44.4. The van der Waals surface area contributed by atoms with E-state index in [0.29, 0.717) is 46.1 Å². The van der Waals surface area contributed by atoms with Crippen molar-refractivity contribution in [2.75, 3.05) is 29.7 Å². The Labute approximate surface area is 198 Å². The summed E-state index contributed by atoms with van der Waals surface area (Å²) < 4.78 is 9.97. The molecule has 0 aliphatic heterocycles. The molecular formula is C21H23N5O5S2. The molecule has 2 heterocycles. The van der Waals surface area contributed by atoms with Crippen molar-refractivity contribution in [3.8, 4) is 5.75 Å². The third kappa shape index (κ3) is 7.84. The molecule has 0 bridgehead atoms. The fourth-order valence-corrected chi connectivity index (χ4v) is 4.11. The minimum Gasteiger partial charge on any atom is -0.497 e. The first-order valence-electron chi connectivity index (χ1n) is 10.0. The first kappa shape index (κ1) is 24.1. The van der Waals surface area contributed by atoms with Gasteiger partial charge in [0.2, 0.25) is 5.91 Å². The lowest BCUT2D eigenvalue weighted by Gasteiger charge is -2.06. The van der Waals surface area contributed by atoms with Crippen LogP contribution in [0, 0.1) is 0 Å². The van der Waals surface area contributed by atoms with Gasteiger partial charge in [-0.1, -0.05) is 0 Å². The second kappa shape index (κ2) is 11.9. The second-order valence-electron chi connectivity index (χ2n) is 6.63. The van der Waals surface area contributed by atoms with Crippen LogP contribution in [0.4, 0.5) is 20.7 Å². The predicted octanol–water partition coefficient (Wildman–Crippen LogP) is 3.93. The zero-order chi connectivity index (χ0) is 23.6. The number of esters is 1. The molecule has 0 saturated carbocycles. The van der Waals surface area contributed by atoms with Crippen molar-refractivity contribution >= 4 is 56.5 Å². The maximum absolute atomic E-state index is 12.2. The number of rotatable bonds is 10. The van der Waals surface area contributed by atoms with Gasteiger partial charge in [0.05, 0.1) is 31.5 Å². The van der Waals surface area contributed by atoms with Crippen LogP contribution < -0.4 is 20.7 Å². The highest BCUT2D eigenvalue weighted by molar-refractivity contribution is 7.14. The van der Waals surface area contributed by atoms with E-state index in [1.165, 1.54) is 22.7 Å². The Balaban J connectivity index is 1.42. The molecule has 12 heteroatoms. The first-order valence-corrected chi connectivity index (χ1v) is 11.8. The molecule has 3 rings (SSSR count). The van der Waals surface area contributed by atoms with Gasteiger partial charge in [-0.25, -0.2) is 14.8 Å². The number of nitrogens with zero attached hydrogens (tertiary/aromatic N) is 2. The van der Waals surface area contributed by atoms with Crippen LogP contribution in [-0.2, 0) is 27.2 Å². The molecule has 3 N–H and O–H groups in total. The average molecular weight is 490 g/mol. The largest absolute Gasteiger partial charge is 0.497 e. The van der Waals surface area contributed by atoms with Gasteiger partial charge in [0.1, 0.15) is 5.75 Å². The molecule has 0 spiro atoms. The molecule has 1 aromatic carbocycles. The average Bonchev–Trinajstić information content (AvgIpc) is 3.42. The molecule has 174 valence electrons. The molecule has 3 amide bonds. The normalized spacial score (nSPS) is 10.4. The van der Waals surface area contributed by atoms with Crippen molar-refractivity contribution in [1.29, 1.82) is 0 Å². The minimum atomic E-state index is -0.416. The van der Waals surface area contributed by atoms with Crippen LogP contribution in [0.1, 0.15) is 24.7 Å². The zero-order valence-corrected chi connectivity index (χ0v) is 19.7. The third-order valence-electron chi connectivity index (χ3n) is 4.16. The van der Waals surface area contributed by atoms with Gasteiger partial charge in [-0.3, -0.25) is 14.9 Å². The number of hydrogen-bond acceptors (Lipinski definition) is 9. The van der Waals surface area contributed by atoms with E-state index in [0.717, 1.165) is 0 Å². The van der Waals surface area contributed by atoms with E-state index < -0.39 is 6.03 Å². The summed E-state index contributed by atoms with van der Waals surface area (Å²) in [5.41, 5.74) is 1.86. The molecule has 0 saturated heterocycles. The fourth-order valence-electron chi connectivity index (χ4n) is 2.64. The number of aromatic nitrogens is 2. The molecule has 0 radical (unpaired) electrons. The Kier molecular flexibility index (Phi) is 8.72. The Hall–Kier alpha value is -3.51. The van der Waals surface area contributed by atoms with Crippen molar-refractivity contribution in [3.63, 3.8) is 0 Å². The number of nitrogens with one attached hydrogen (secondary N) is 3. The van der Waals surface area contributed by atoms with Gasteiger partial charge < -0.3 is 20.1 Å². The Morgan fingerprint density at radius 3 is 2.30 bits per heavy atom. The molecule has 0 aliphatic rings. The maximum atomic E-state index is 12.2. The molecule has 0 fully saturated rings. The summed E-state index contributed by atoms with van der Waals surface area (Å²) in [5, 5.41) is 12.5. The maximum Gasteiger partial charge on any atom is 0.325 e. The number of thiazole rings is 2. The monoisotopic (exact) mass is 489 g/mol. The van der Waals surface area contributed by atoms with Gasteiger partial charge in [0, 0.05) is 22.9 Å². The molecule has 2 aromatic heterocycles. The quantitative estimate of drug-likeness (QED) is 0.368. The van der Waals surface area contributed by atoms with E-state index in [-0.39, 0.29) is 24.7 Å². The fraction of sp³-hybridized carbons (Fsp3) is 0.286. The Bertz CT molecular complexity index is 1100. The van der Waals surface area contributed by atoms with Crippen molar-refractivity contribution in [3.05, 3.63) is 46.4 Å². The molecule has 0 unspecified atom stereocenters. The van der Waals surface area contributed by atoms with Gasteiger partial charge >= 0.3 is 12.0 Å². The number of benzene rings is 1. The Morgan fingerprint density at radius 2 is 1.61 bits per heavy atom. The van der Waals surface area contributed by atoms with Crippen LogP contribution in [0.2, 0.25) is 0 Å². The summed E-state index contributed by atoms with van der Waals surface area (Å²) in [5.74, 6) is 0.125. The van der Waals surface area contributed by atoms with Gasteiger partial charge in [-0.15, -0.1) is 22.7 Å². The number of ether oxygens (including phenoxy) is 2. The standard InChI is InChI=1S/C21H23N5O5S2/c1-3-31-18(28)10-15-12-33-20(24-15)25-17(27)9-6-14-11-32-21(23-14)26-19(29)22-13-4-7-16(30-2)8-5-13/h4-5,7-8,11-12H,3,6,9-10H2,1-2H3,(H,24,25,27)(H2,22,23,26,29).